The Balaban J connectivity index is 0.000000296. The molecule has 0 saturated carbocycles. The van der Waals surface area contributed by atoms with Crippen LogP contribution in [0, 0.1) is 11.8 Å². The van der Waals surface area contributed by atoms with Crippen molar-refractivity contribution in [3.63, 3.8) is 0 Å². The summed E-state index contributed by atoms with van der Waals surface area (Å²) in [5.41, 5.74) is -0.433. The van der Waals surface area contributed by atoms with Crippen LogP contribution in [0.25, 0.3) is 0 Å². The summed E-state index contributed by atoms with van der Waals surface area (Å²) in [5, 5.41) is 0. The van der Waals surface area contributed by atoms with E-state index in [4.69, 9.17) is 14.2 Å². The number of carbonyl (C=O) groups is 3. The standard InChI is InChI=1S/C19H28N2O2.C10H18O5/c1-19(2,3)23-18(22)21-13-16-9-17(14-21)12-20(11-16)10-15-7-5-4-6-8-15;1-9(2,3)14-7(11)13-8(12)15-10(4,5)6/h4-8,16-17H,9-14H2,1-3H3;1-6H3. The molecule has 0 radical (unpaired) electrons. The molecule has 0 spiro atoms. The summed E-state index contributed by atoms with van der Waals surface area (Å²) < 4.78 is 19.3. The molecule has 9 nitrogen and oxygen atoms in total. The van der Waals surface area contributed by atoms with Gasteiger partial charge in [-0.2, -0.15) is 0 Å². The first-order chi connectivity index (χ1) is 17.4. The number of carbonyl (C=O) groups excluding carboxylic acids is 3. The highest BCUT2D eigenvalue weighted by Gasteiger charge is 2.37. The quantitative estimate of drug-likeness (QED) is 0.250. The number of hydrogen-bond acceptors (Lipinski definition) is 8. The maximum Gasteiger partial charge on any atom is 0.519 e. The molecule has 0 aromatic heterocycles. The fourth-order valence-electron chi connectivity index (χ4n) is 4.44. The minimum atomic E-state index is -1.06. The summed E-state index contributed by atoms with van der Waals surface area (Å²) in [6.45, 7) is 20.6. The predicted molar refractivity (Wildman–Crippen MR) is 145 cm³/mol. The fourth-order valence-corrected chi connectivity index (χ4v) is 4.44. The number of hydrogen-bond donors (Lipinski definition) is 0. The zero-order valence-electron chi connectivity index (χ0n) is 24.5. The van der Waals surface area contributed by atoms with Crippen LogP contribution in [0.1, 0.15) is 74.3 Å². The Morgan fingerprint density at radius 2 is 1.16 bits per heavy atom. The van der Waals surface area contributed by atoms with Gasteiger partial charge in [0.1, 0.15) is 16.8 Å². The molecule has 2 saturated heterocycles. The lowest BCUT2D eigenvalue weighted by atomic mass is 9.84. The molecule has 1 amide bonds. The van der Waals surface area contributed by atoms with E-state index >= 15 is 0 Å². The molecule has 2 fully saturated rings. The highest BCUT2D eigenvalue weighted by atomic mass is 16.8. The van der Waals surface area contributed by atoms with Crippen LogP contribution in [-0.2, 0) is 25.5 Å². The molecular formula is C29H46N2O7. The zero-order chi connectivity index (χ0) is 28.7. The van der Waals surface area contributed by atoms with Crippen LogP contribution in [0.3, 0.4) is 0 Å². The first-order valence-electron chi connectivity index (χ1n) is 13.3. The van der Waals surface area contributed by atoms with E-state index in [2.05, 4.69) is 40.0 Å². The third-order valence-corrected chi connectivity index (χ3v) is 5.50. The Morgan fingerprint density at radius 1 is 0.711 bits per heavy atom. The van der Waals surface area contributed by atoms with Crippen molar-refractivity contribution in [2.75, 3.05) is 26.2 Å². The summed E-state index contributed by atoms with van der Waals surface area (Å²) in [7, 11) is 0. The molecule has 1 aromatic carbocycles. The van der Waals surface area contributed by atoms with Gasteiger partial charge in [-0.3, -0.25) is 4.90 Å². The Kier molecular flexibility index (Phi) is 10.6. The number of fused-ring (bicyclic) bond motifs is 2. The van der Waals surface area contributed by atoms with E-state index in [-0.39, 0.29) is 6.09 Å². The Hall–Kier alpha value is -2.81. The van der Waals surface area contributed by atoms with Gasteiger partial charge in [0.25, 0.3) is 0 Å². The van der Waals surface area contributed by atoms with Gasteiger partial charge in [-0.15, -0.1) is 0 Å². The van der Waals surface area contributed by atoms with E-state index in [1.54, 1.807) is 41.5 Å². The van der Waals surface area contributed by atoms with Gasteiger partial charge in [-0.1, -0.05) is 30.3 Å². The molecule has 2 aliphatic heterocycles. The van der Waals surface area contributed by atoms with Crippen molar-refractivity contribution < 1.29 is 33.3 Å². The lowest BCUT2D eigenvalue weighted by Gasteiger charge is -2.45. The van der Waals surface area contributed by atoms with Gasteiger partial charge in [-0.05, 0) is 86.1 Å². The normalized spacial score (nSPS) is 20.0. The highest BCUT2D eigenvalue weighted by Crippen LogP contribution is 2.30. The molecule has 2 atom stereocenters. The first kappa shape index (κ1) is 31.4. The van der Waals surface area contributed by atoms with Crippen molar-refractivity contribution in [2.24, 2.45) is 11.8 Å². The average molecular weight is 535 g/mol. The molecule has 2 bridgehead atoms. The summed E-state index contributed by atoms with van der Waals surface area (Å²) >= 11 is 0. The molecule has 2 aliphatic rings. The van der Waals surface area contributed by atoms with E-state index in [1.807, 2.05) is 25.7 Å². The first-order valence-corrected chi connectivity index (χ1v) is 13.3. The van der Waals surface area contributed by atoms with Gasteiger partial charge >= 0.3 is 18.4 Å². The summed E-state index contributed by atoms with van der Waals surface area (Å²) in [6, 6.07) is 10.6. The topological polar surface area (TPSA) is 94.6 Å². The number of likely N-dealkylation sites (tertiary alicyclic amines) is 2. The van der Waals surface area contributed by atoms with Crippen molar-refractivity contribution in [3.05, 3.63) is 35.9 Å². The van der Waals surface area contributed by atoms with Crippen LogP contribution in [0.5, 0.6) is 0 Å². The molecule has 3 rings (SSSR count). The Labute approximate surface area is 227 Å². The van der Waals surface area contributed by atoms with Gasteiger partial charge < -0.3 is 23.8 Å². The van der Waals surface area contributed by atoms with Crippen molar-refractivity contribution in [2.45, 2.75) is 92.1 Å². The van der Waals surface area contributed by atoms with E-state index in [1.165, 1.54) is 12.0 Å². The van der Waals surface area contributed by atoms with Crippen LogP contribution in [0.2, 0.25) is 0 Å². The molecule has 9 heteroatoms. The van der Waals surface area contributed by atoms with Gasteiger partial charge in [0.05, 0.1) is 0 Å². The number of amides is 1. The maximum absolute atomic E-state index is 12.3. The SMILES string of the molecule is CC(C)(C)OC(=O)N1CC2CC(CN(Cc3ccccc3)C2)C1.CC(C)(C)OC(=O)OC(=O)OC(C)(C)C. The van der Waals surface area contributed by atoms with Gasteiger partial charge in [0, 0.05) is 32.7 Å². The second-order valence-electron chi connectivity index (χ2n) is 13.1. The van der Waals surface area contributed by atoms with E-state index < -0.39 is 29.1 Å². The maximum atomic E-state index is 12.3. The molecule has 2 heterocycles. The zero-order valence-corrected chi connectivity index (χ0v) is 24.5. The fraction of sp³-hybridized carbons (Fsp3) is 0.690. The lowest BCUT2D eigenvalue weighted by molar-refractivity contribution is -0.0294. The monoisotopic (exact) mass is 534 g/mol. The molecule has 214 valence electrons. The van der Waals surface area contributed by atoms with Crippen LogP contribution < -0.4 is 0 Å². The number of ether oxygens (including phenoxy) is 4. The van der Waals surface area contributed by atoms with Crippen molar-refractivity contribution in [3.8, 4) is 0 Å². The van der Waals surface area contributed by atoms with Crippen LogP contribution in [0.15, 0.2) is 30.3 Å². The highest BCUT2D eigenvalue weighted by molar-refractivity contribution is 5.77. The van der Waals surface area contributed by atoms with Crippen LogP contribution >= 0.6 is 0 Å². The lowest BCUT2D eigenvalue weighted by Crippen LogP contribution is -2.54. The predicted octanol–water partition coefficient (Wildman–Crippen LogP) is 6.25. The van der Waals surface area contributed by atoms with Gasteiger partial charge in [0.15, 0.2) is 0 Å². The average Bonchev–Trinajstić information content (AvgIpc) is 2.70. The Morgan fingerprint density at radius 3 is 1.58 bits per heavy atom. The van der Waals surface area contributed by atoms with E-state index in [0.717, 1.165) is 32.7 Å². The summed E-state index contributed by atoms with van der Waals surface area (Å²) in [4.78, 5) is 38.8. The molecule has 0 N–H and O–H groups in total. The Bertz CT molecular complexity index is 889. The number of piperidine rings is 2. The van der Waals surface area contributed by atoms with Gasteiger partial charge in [-0.25, -0.2) is 14.4 Å². The third kappa shape index (κ3) is 12.6. The summed E-state index contributed by atoms with van der Waals surface area (Å²) in [5.74, 6) is 1.14. The smallest absolute Gasteiger partial charge is 0.444 e. The van der Waals surface area contributed by atoms with Crippen molar-refractivity contribution in [1.82, 2.24) is 9.80 Å². The van der Waals surface area contributed by atoms with Crippen LogP contribution in [-0.4, -0.2) is 71.2 Å². The molecule has 1 aromatic rings. The number of rotatable bonds is 2. The number of nitrogens with zero attached hydrogens (tertiary/aromatic N) is 2. The second-order valence-corrected chi connectivity index (χ2v) is 13.1. The second kappa shape index (κ2) is 12.8. The largest absolute Gasteiger partial charge is 0.519 e. The minimum absolute atomic E-state index is 0.149. The van der Waals surface area contributed by atoms with E-state index in [9.17, 15) is 14.4 Å². The van der Waals surface area contributed by atoms with Crippen molar-refractivity contribution in [1.29, 1.82) is 0 Å². The summed E-state index contributed by atoms with van der Waals surface area (Å²) in [6.07, 6.45) is -1.03. The molecule has 0 aliphatic carbocycles. The number of benzene rings is 1. The third-order valence-electron chi connectivity index (χ3n) is 5.50. The van der Waals surface area contributed by atoms with E-state index in [0.29, 0.717) is 11.8 Å². The molecule has 38 heavy (non-hydrogen) atoms. The van der Waals surface area contributed by atoms with Crippen molar-refractivity contribution >= 4 is 18.4 Å². The van der Waals surface area contributed by atoms with Crippen LogP contribution in [0.4, 0.5) is 14.4 Å². The molecular weight excluding hydrogens is 488 g/mol. The minimum Gasteiger partial charge on any atom is -0.444 e. The van der Waals surface area contributed by atoms with Gasteiger partial charge in [0.2, 0.25) is 0 Å². The molecule has 2 unspecified atom stereocenters.